The van der Waals surface area contributed by atoms with Gasteiger partial charge in [0.25, 0.3) is 0 Å². The zero-order chi connectivity index (χ0) is 15.4. The van der Waals surface area contributed by atoms with E-state index in [0.717, 1.165) is 11.1 Å². The van der Waals surface area contributed by atoms with Crippen molar-refractivity contribution in [1.82, 2.24) is 10.6 Å². The number of carbonyl (C=O) groups is 2. The molecule has 2 amide bonds. The largest absolute Gasteiger partial charge is 0.463 e. The Morgan fingerprint density at radius 2 is 2.00 bits per heavy atom. The molecule has 1 atom stereocenters. The highest BCUT2D eigenvalue weighted by atomic mass is 35.5. The smallest absolute Gasteiger partial charge is 0.338 e. The molecule has 2 N–H and O–H groups in total. The van der Waals surface area contributed by atoms with E-state index in [-0.39, 0.29) is 18.5 Å². The maximum absolute atomic E-state index is 12.2. The van der Waals surface area contributed by atoms with Gasteiger partial charge in [0, 0.05) is 5.70 Å². The number of benzene rings is 1. The van der Waals surface area contributed by atoms with Crippen molar-refractivity contribution in [3.8, 4) is 0 Å². The molecule has 0 fully saturated rings. The zero-order valence-corrected chi connectivity index (χ0v) is 12.7. The highest BCUT2D eigenvalue weighted by Crippen LogP contribution is 2.28. The van der Waals surface area contributed by atoms with E-state index in [9.17, 15) is 9.59 Å². The van der Waals surface area contributed by atoms with Crippen LogP contribution in [0.1, 0.15) is 24.1 Å². The molecule has 0 spiro atoms. The molecule has 0 radical (unpaired) electrons. The van der Waals surface area contributed by atoms with E-state index in [1.807, 2.05) is 31.2 Å². The Morgan fingerprint density at radius 3 is 2.57 bits per heavy atom. The van der Waals surface area contributed by atoms with Crippen molar-refractivity contribution >= 4 is 23.6 Å². The maximum Gasteiger partial charge on any atom is 0.338 e. The van der Waals surface area contributed by atoms with Crippen molar-refractivity contribution in [1.29, 1.82) is 0 Å². The number of nitrogens with one attached hydrogen (secondary N) is 2. The number of aryl methyl sites for hydroxylation is 1. The number of hydrogen-bond donors (Lipinski definition) is 2. The molecule has 5 nitrogen and oxygen atoms in total. The summed E-state index contributed by atoms with van der Waals surface area (Å²) >= 11 is 5.85. The van der Waals surface area contributed by atoms with Crippen molar-refractivity contribution < 1.29 is 14.3 Å². The van der Waals surface area contributed by atoms with Crippen LogP contribution >= 0.6 is 11.6 Å². The number of carbonyl (C=O) groups excluding carboxylic acids is 2. The first kappa shape index (κ1) is 15.4. The molecular weight excluding hydrogens is 292 g/mol. The van der Waals surface area contributed by atoms with Crippen molar-refractivity contribution in [2.45, 2.75) is 19.9 Å². The van der Waals surface area contributed by atoms with Gasteiger partial charge in [-0.25, -0.2) is 9.59 Å². The van der Waals surface area contributed by atoms with Gasteiger partial charge >= 0.3 is 12.0 Å². The summed E-state index contributed by atoms with van der Waals surface area (Å²) in [6.07, 6.45) is 0. The molecule has 6 heteroatoms. The van der Waals surface area contributed by atoms with Crippen LogP contribution in [0.25, 0.3) is 0 Å². The van der Waals surface area contributed by atoms with Crippen LogP contribution < -0.4 is 10.6 Å². The Morgan fingerprint density at radius 1 is 1.33 bits per heavy atom. The average Bonchev–Trinajstić information content (AvgIpc) is 2.47. The summed E-state index contributed by atoms with van der Waals surface area (Å²) in [4.78, 5) is 23.9. The summed E-state index contributed by atoms with van der Waals surface area (Å²) in [7, 11) is 0. The van der Waals surface area contributed by atoms with Gasteiger partial charge in [-0.15, -0.1) is 11.6 Å². The first-order chi connectivity index (χ1) is 10.1. The van der Waals surface area contributed by atoms with E-state index in [1.165, 1.54) is 0 Å². The molecule has 1 aromatic carbocycles. The molecule has 1 aromatic rings. The number of urea groups is 1. The average molecular weight is 309 g/mol. The number of halogens is 1. The standard InChI is InChI=1S/C15H17ClN2O3/c1-3-21-14(19)12-11(8-16)17-15(20)18-13(12)10-6-4-9(2)5-7-10/h4-7,13H,3,8H2,1-2H3,(H2,17,18,20)/t13-/m1/s1. The second kappa shape index (κ2) is 6.63. The molecule has 2 rings (SSSR count). The fraction of sp³-hybridized carbons (Fsp3) is 0.333. The molecule has 0 aliphatic carbocycles. The topological polar surface area (TPSA) is 67.4 Å². The van der Waals surface area contributed by atoms with E-state index in [1.54, 1.807) is 6.92 Å². The molecule has 0 aromatic heterocycles. The minimum atomic E-state index is -0.563. The molecule has 21 heavy (non-hydrogen) atoms. The second-order valence-electron chi connectivity index (χ2n) is 4.69. The number of hydrogen-bond acceptors (Lipinski definition) is 3. The molecule has 0 saturated carbocycles. The number of allylic oxidation sites excluding steroid dienone is 1. The van der Waals surface area contributed by atoms with Gasteiger partial charge in [0.15, 0.2) is 0 Å². The summed E-state index contributed by atoms with van der Waals surface area (Å²) in [6.45, 7) is 3.96. The summed E-state index contributed by atoms with van der Waals surface area (Å²) in [5.74, 6) is -0.449. The quantitative estimate of drug-likeness (QED) is 0.663. The van der Waals surface area contributed by atoms with Crippen molar-refractivity contribution in [3.05, 3.63) is 46.7 Å². The lowest BCUT2D eigenvalue weighted by atomic mass is 9.95. The van der Waals surface area contributed by atoms with Gasteiger partial charge in [-0.3, -0.25) is 0 Å². The third-order valence-electron chi connectivity index (χ3n) is 3.19. The van der Waals surface area contributed by atoms with Crippen LogP contribution in [0.2, 0.25) is 0 Å². The van der Waals surface area contributed by atoms with Gasteiger partial charge < -0.3 is 15.4 Å². The number of alkyl halides is 1. The number of ether oxygens (including phenoxy) is 1. The van der Waals surface area contributed by atoms with Crippen LogP contribution in [0.4, 0.5) is 4.79 Å². The van der Waals surface area contributed by atoms with Crippen LogP contribution in [0.5, 0.6) is 0 Å². The molecule has 1 aliphatic rings. The molecule has 1 heterocycles. The van der Waals surface area contributed by atoms with E-state index in [4.69, 9.17) is 16.3 Å². The SMILES string of the molecule is CCOC(=O)C1=C(CCl)NC(=O)N[C@@H]1c1ccc(C)cc1. The Balaban J connectivity index is 2.46. The number of rotatable bonds is 4. The third kappa shape index (κ3) is 3.36. The van der Waals surface area contributed by atoms with E-state index in [0.29, 0.717) is 11.3 Å². The summed E-state index contributed by atoms with van der Waals surface area (Å²) in [5.41, 5.74) is 2.62. The predicted molar refractivity (Wildman–Crippen MR) is 80.0 cm³/mol. The number of esters is 1. The van der Waals surface area contributed by atoms with Crippen LogP contribution in [0.15, 0.2) is 35.5 Å². The fourth-order valence-electron chi connectivity index (χ4n) is 2.18. The second-order valence-corrected chi connectivity index (χ2v) is 4.96. The maximum atomic E-state index is 12.2. The zero-order valence-electron chi connectivity index (χ0n) is 11.9. The normalized spacial score (nSPS) is 18.0. The Kier molecular flexibility index (Phi) is 4.85. The molecule has 0 unspecified atom stereocenters. The molecule has 1 aliphatic heterocycles. The Bertz CT molecular complexity index is 581. The summed E-state index contributed by atoms with van der Waals surface area (Å²) in [6, 6.07) is 6.64. The number of amides is 2. The van der Waals surface area contributed by atoms with Gasteiger partial charge in [-0.1, -0.05) is 29.8 Å². The van der Waals surface area contributed by atoms with Gasteiger partial charge in [-0.2, -0.15) is 0 Å². The van der Waals surface area contributed by atoms with Gasteiger partial charge in [0.1, 0.15) is 0 Å². The molecule has 0 saturated heterocycles. The first-order valence-electron chi connectivity index (χ1n) is 6.67. The van der Waals surface area contributed by atoms with Crippen molar-refractivity contribution in [2.75, 3.05) is 12.5 Å². The lowest BCUT2D eigenvalue weighted by Gasteiger charge is -2.28. The minimum Gasteiger partial charge on any atom is -0.463 e. The first-order valence-corrected chi connectivity index (χ1v) is 7.20. The highest BCUT2D eigenvalue weighted by Gasteiger charge is 2.33. The van der Waals surface area contributed by atoms with Crippen molar-refractivity contribution in [3.63, 3.8) is 0 Å². The monoisotopic (exact) mass is 308 g/mol. The Labute approximate surface area is 128 Å². The summed E-state index contributed by atoms with van der Waals surface area (Å²) < 4.78 is 5.08. The molecule has 112 valence electrons. The van der Waals surface area contributed by atoms with Crippen molar-refractivity contribution in [2.24, 2.45) is 0 Å². The lowest BCUT2D eigenvalue weighted by molar-refractivity contribution is -0.139. The van der Waals surface area contributed by atoms with Crippen LogP contribution in [-0.2, 0) is 9.53 Å². The van der Waals surface area contributed by atoms with Gasteiger partial charge in [0.05, 0.1) is 24.1 Å². The molecular formula is C15H17ClN2O3. The summed E-state index contributed by atoms with van der Waals surface area (Å²) in [5, 5.41) is 5.30. The van der Waals surface area contributed by atoms with Crippen LogP contribution in [0, 0.1) is 6.92 Å². The lowest BCUT2D eigenvalue weighted by Crippen LogP contribution is -2.46. The van der Waals surface area contributed by atoms with E-state index in [2.05, 4.69) is 10.6 Å². The van der Waals surface area contributed by atoms with Crippen LogP contribution in [0.3, 0.4) is 0 Å². The fourth-order valence-corrected chi connectivity index (χ4v) is 2.39. The van der Waals surface area contributed by atoms with Gasteiger partial charge in [-0.05, 0) is 19.4 Å². The highest BCUT2D eigenvalue weighted by molar-refractivity contribution is 6.20. The Hall–Kier alpha value is -2.01. The van der Waals surface area contributed by atoms with Gasteiger partial charge in [0.2, 0.25) is 0 Å². The minimum absolute atomic E-state index is 0.0317. The molecule has 0 bridgehead atoms. The van der Waals surface area contributed by atoms with E-state index >= 15 is 0 Å². The third-order valence-corrected chi connectivity index (χ3v) is 3.46. The van der Waals surface area contributed by atoms with Crippen LogP contribution in [-0.4, -0.2) is 24.5 Å². The predicted octanol–water partition coefficient (Wildman–Crippen LogP) is 2.40. The van der Waals surface area contributed by atoms with E-state index < -0.39 is 12.0 Å².